The van der Waals surface area contributed by atoms with Gasteiger partial charge in [-0.3, -0.25) is 14.4 Å². The lowest BCUT2D eigenvalue weighted by Gasteiger charge is -2.20. The predicted molar refractivity (Wildman–Crippen MR) is 127 cm³/mol. The fraction of sp³-hybridized carbons (Fsp3) is 0.192. The van der Waals surface area contributed by atoms with Crippen LogP contribution in [0, 0.1) is 0 Å². The molecule has 0 aliphatic carbocycles. The molecule has 1 N–H and O–H groups in total. The number of carbonyl (C=O) groups is 2. The molecule has 0 saturated heterocycles. The molecule has 1 atom stereocenters. The normalized spacial score (nSPS) is 13.4. The first-order valence-corrected chi connectivity index (χ1v) is 10.9. The average Bonchev–Trinajstić information content (AvgIpc) is 2.86. The van der Waals surface area contributed by atoms with Gasteiger partial charge in [0, 0.05) is 22.5 Å². The SMILES string of the molecule is CC(OC(=O)Cn1c2ccccc2c(=O)c2ccccc21)C(=O)Nc1ccc2c(c1)OCCO2. The lowest BCUT2D eigenvalue weighted by molar-refractivity contribution is -0.153. The number of esters is 1. The zero-order valence-electron chi connectivity index (χ0n) is 18.4. The van der Waals surface area contributed by atoms with Gasteiger partial charge in [-0.05, 0) is 43.3 Å². The Labute approximate surface area is 194 Å². The van der Waals surface area contributed by atoms with E-state index in [1.165, 1.54) is 6.92 Å². The summed E-state index contributed by atoms with van der Waals surface area (Å²) >= 11 is 0. The monoisotopic (exact) mass is 458 g/mol. The molecule has 3 aromatic carbocycles. The Morgan fingerprint density at radius 3 is 2.24 bits per heavy atom. The van der Waals surface area contributed by atoms with Crippen LogP contribution in [0.5, 0.6) is 11.5 Å². The third kappa shape index (κ3) is 4.05. The topological polar surface area (TPSA) is 95.9 Å². The molecule has 1 amide bonds. The van der Waals surface area contributed by atoms with Gasteiger partial charge < -0.3 is 24.1 Å². The predicted octanol–water partition coefficient (Wildman–Crippen LogP) is 3.50. The van der Waals surface area contributed by atoms with Crippen molar-refractivity contribution in [1.29, 1.82) is 0 Å². The summed E-state index contributed by atoms with van der Waals surface area (Å²) in [5.74, 6) is 0.0957. The second-order valence-electron chi connectivity index (χ2n) is 7.93. The van der Waals surface area contributed by atoms with Crippen LogP contribution in [0.4, 0.5) is 5.69 Å². The van der Waals surface area contributed by atoms with Crippen LogP contribution in [0.25, 0.3) is 21.8 Å². The Bertz CT molecular complexity index is 1420. The highest BCUT2D eigenvalue weighted by Crippen LogP contribution is 2.32. The fourth-order valence-corrected chi connectivity index (χ4v) is 4.03. The van der Waals surface area contributed by atoms with E-state index in [0.717, 1.165) is 0 Å². The summed E-state index contributed by atoms with van der Waals surface area (Å²) in [6, 6.07) is 19.3. The van der Waals surface area contributed by atoms with Crippen molar-refractivity contribution < 1.29 is 23.8 Å². The van der Waals surface area contributed by atoms with Crippen molar-refractivity contribution >= 4 is 39.4 Å². The zero-order chi connectivity index (χ0) is 23.7. The van der Waals surface area contributed by atoms with E-state index in [-0.39, 0.29) is 12.0 Å². The number of benzene rings is 3. The van der Waals surface area contributed by atoms with Crippen molar-refractivity contribution in [3.8, 4) is 11.5 Å². The molecule has 2 heterocycles. The maximum atomic E-state index is 12.9. The van der Waals surface area contributed by atoms with E-state index >= 15 is 0 Å². The highest BCUT2D eigenvalue weighted by atomic mass is 16.6. The van der Waals surface area contributed by atoms with Crippen LogP contribution in [-0.2, 0) is 20.9 Å². The smallest absolute Gasteiger partial charge is 0.326 e. The maximum absolute atomic E-state index is 12.9. The van der Waals surface area contributed by atoms with Crippen LogP contribution in [0.2, 0.25) is 0 Å². The molecule has 8 heteroatoms. The molecular weight excluding hydrogens is 436 g/mol. The highest BCUT2D eigenvalue weighted by molar-refractivity contribution is 5.96. The molecule has 1 aliphatic heterocycles. The lowest BCUT2D eigenvalue weighted by atomic mass is 10.1. The Kier molecular flexibility index (Phi) is 5.63. The molecule has 0 fully saturated rings. The largest absolute Gasteiger partial charge is 0.486 e. The first-order chi connectivity index (χ1) is 16.5. The molecule has 5 rings (SSSR count). The van der Waals surface area contributed by atoms with Crippen LogP contribution < -0.4 is 20.2 Å². The minimum absolute atomic E-state index is 0.0945. The maximum Gasteiger partial charge on any atom is 0.326 e. The third-order valence-electron chi connectivity index (χ3n) is 5.65. The lowest BCUT2D eigenvalue weighted by Crippen LogP contribution is -2.31. The van der Waals surface area contributed by atoms with Gasteiger partial charge in [-0.2, -0.15) is 0 Å². The van der Waals surface area contributed by atoms with Crippen LogP contribution in [0.15, 0.2) is 71.5 Å². The van der Waals surface area contributed by atoms with Gasteiger partial charge in [0.25, 0.3) is 5.91 Å². The van der Waals surface area contributed by atoms with E-state index in [1.54, 1.807) is 59.2 Å². The average molecular weight is 458 g/mol. The van der Waals surface area contributed by atoms with E-state index < -0.39 is 18.0 Å². The minimum Gasteiger partial charge on any atom is -0.486 e. The summed E-state index contributed by atoms with van der Waals surface area (Å²) in [7, 11) is 0. The second kappa shape index (κ2) is 8.90. The Morgan fingerprint density at radius 1 is 0.941 bits per heavy atom. The van der Waals surface area contributed by atoms with Crippen molar-refractivity contribution in [1.82, 2.24) is 4.57 Å². The quantitative estimate of drug-likeness (QED) is 0.363. The zero-order valence-corrected chi connectivity index (χ0v) is 18.4. The molecule has 34 heavy (non-hydrogen) atoms. The fourth-order valence-electron chi connectivity index (χ4n) is 4.03. The van der Waals surface area contributed by atoms with Crippen molar-refractivity contribution in [2.24, 2.45) is 0 Å². The third-order valence-corrected chi connectivity index (χ3v) is 5.65. The Hall–Kier alpha value is -4.33. The van der Waals surface area contributed by atoms with Crippen LogP contribution in [0.1, 0.15) is 6.92 Å². The van der Waals surface area contributed by atoms with Crippen LogP contribution in [0.3, 0.4) is 0 Å². The first-order valence-electron chi connectivity index (χ1n) is 10.9. The molecule has 0 radical (unpaired) electrons. The summed E-state index contributed by atoms with van der Waals surface area (Å²) in [5.41, 5.74) is 1.66. The van der Waals surface area contributed by atoms with Gasteiger partial charge in [-0.25, -0.2) is 0 Å². The number of anilines is 1. The number of fused-ring (bicyclic) bond motifs is 3. The number of pyridine rings is 1. The number of hydrogen-bond donors (Lipinski definition) is 1. The number of ether oxygens (including phenoxy) is 3. The minimum atomic E-state index is -1.03. The van der Waals surface area contributed by atoms with E-state index in [4.69, 9.17) is 14.2 Å². The summed E-state index contributed by atoms with van der Waals surface area (Å²) < 4.78 is 18.2. The molecule has 172 valence electrons. The molecule has 0 saturated carbocycles. The van der Waals surface area contributed by atoms with E-state index in [2.05, 4.69) is 5.32 Å². The van der Waals surface area contributed by atoms with Crippen LogP contribution in [-0.4, -0.2) is 35.8 Å². The van der Waals surface area contributed by atoms with Gasteiger partial charge in [0.05, 0.1) is 11.0 Å². The molecule has 4 aromatic rings. The van der Waals surface area contributed by atoms with Crippen molar-refractivity contribution in [3.05, 3.63) is 77.0 Å². The summed E-state index contributed by atoms with van der Waals surface area (Å²) in [4.78, 5) is 38.3. The summed E-state index contributed by atoms with van der Waals surface area (Å²) in [6.45, 7) is 2.27. The van der Waals surface area contributed by atoms with E-state index in [9.17, 15) is 14.4 Å². The van der Waals surface area contributed by atoms with Gasteiger partial charge in [-0.15, -0.1) is 0 Å². The number of hydrogen-bond acceptors (Lipinski definition) is 6. The highest BCUT2D eigenvalue weighted by Gasteiger charge is 2.21. The number of nitrogens with one attached hydrogen (secondary N) is 1. The molecule has 8 nitrogen and oxygen atoms in total. The van der Waals surface area contributed by atoms with Gasteiger partial charge in [0.2, 0.25) is 0 Å². The Balaban J connectivity index is 1.33. The summed E-state index contributed by atoms with van der Waals surface area (Å²) in [5, 5.41) is 3.75. The number of carbonyl (C=O) groups excluding carboxylic acids is 2. The van der Waals surface area contributed by atoms with Crippen LogP contribution >= 0.6 is 0 Å². The van der Waals surface area contributed by atoms with Gasteiger partial charge in [0.1, 0.15) is 19.8 Å². The number of rotatable bonds is 5. The van der Waals surface area contributed by atoms with E-state index in [1.807, 2.05) is 12.1 Å². The molecule has 1 aromatic heterocycles. The standard InChI is InChI=1S/C26H22N2O6/c1-16(26(31)27-17-10-11-22-23(14-17)33-13-12-32-22)34-24(29)15-28-20-8-4-2-6-18(20)25(30)19-7-3-5-9-21(19)28/h2-11,14,16H,12-13,15H2,1H3,(H,27,31). The molecule has 0 spiro atoms. The molecule has 1 unspecified atom stereocenters. The van der Waals surface area contributed by atoms with Crippen molar-refractivity contribution in [2.75, 3.05) is 18.5 Å². The molecule has 0 bridgehead atoms. The second-order valence-corrected chi connectivity index (χ2v) is 7.93. The number of para-hydroxylation sites is 2. The van der Waals surface area contributed by atoms with E-state index in [0.29, 0.717) is 52.2 Å². The number of aromatic nitrogens is 1. The van der Waals surface area contributed by atoms with Gasteiger partial charge >= 0.3 is 5.97 Å². The Morgan fingerprint density at radius 2 is 1.56 bits per heavy atom. The van der Waals surface area contributed by atoms with Gasteiger partial charge in [-0.1, -0.05) is 24.3 Å². The molecule has 1 aliphatic rings. The van der Waals surface area contributed by atoms with Crippen molar-refractivity contribution in [2.45, 2.75) is 19.6 Å². The first kappa shape index (κ1) is 21.5. The number of amides is 1. The number of nitrogens with zero attached hydrogens (tertiary/aromatic N) is 1. The van der Waals surface area contributed by atoms with Gasteiger partial charge in [0.15, 0.2) is 23.0 Å². The van der Waals surface area contributed by atoms with Crippen molar-refractivity contribution in [3.63, 3.8) is 0 Å². The summed E-state index contributed by atoms with van der Waals surface area (Å²) in [6.07, 6.45) is -1.03. The molecular formula is C26H22N2O6.